The summed E-state index contributed by atoms with van der Waals surface area (Å²) in [5.74, 6) is -0.374. The highest BCUT2D eigenvalue weighted by Gasteiger charge is 2.30. The SMILES string of the molecule is O=C(Nc1nccs1)C1CCCN(C(=O)c2cc(-c3cccs3)nc3ccccc23)C1. The van der Waals surface area contributed by atoms with Crippen LogP contribution in [0, 0.1) is 5.92 Å². The third kappa shape index (κ3) is 4.08. The van der Waals surface area contributed by atoms with E-state index >= 15 is 0 Å². The number of carbonyl (C=O) groups excluding carboxylic acids is 2. The normalized spacial score (nSPS) is 16.4. The molecule has 3 aromatic heterocycles. The van der Waals surface area contributed by atoms with Crippen LogP contribution >= 0.6 is 22.7 Å². The number of thiophene rings is 1. The van der Waals surface area contributed by atoms with Crippen molar-refractivity contribution in [3.05, 3.63) is 65.0 Å². The molecule has 0 aliphatic carbocycles. The molecule has 4 aromatic rings. The molecule has 1 atom stereocenters. The third-order valence-corrected chi connectivity index (χ3v) is 7.04. The number of thiazole rings is 1. The molecule has 0 saturated carbocycles. The monoisotopic (exact) mass is 448 g/mol. The Labute approximate surface area is 187 Å². The van der Waals surface area contributed by atoms with E-state index in [1.165, 1.54) is 11.3 Å². The maximum absolute atomic E-state index is 13.6. The van der Waals surface area contributed by atoms with Gasteiger partial charge in [-0.25, -0.2) is 9.97 Å². The number of amides is 2. The van der Waals surface area contributed by atoms with Crippen LogP contribution in [0.15, 0.2) is 59.4 Å². The lowest BCUT2D eigenvalue weighted by atomic mass is 9.96. The summed E-state index contributed by atoms with van der Waals surface area (Å²) < 4.78 is 0. The maximum atomic E-state index is 13.6. The quantitative estimate of drug-likeness (QED) is 0.481. The van der Waals surface area contributed by atoms with Gasteiger partial charge in [-0.15, -0.1) is 22.7 Å². The first-order chi connectivity index (χ1) is 15.2. The average molecular weight is 449 g/mol. The highest BCUT2D eigenvalue weighted by atomic mass is 32.1. The Balaban J connectivity index is 1.43. The van der Waals surface area contributed by atoms with Gasteiger partial charge < -0.3 is 10.2 Å². The lowest BCUT2D eigenvalue weighted by Gasteiger charge is -2.32. The van der Waals surface area contributed by atoms with Crippen LogP contribution in [-0.4, -0.2) is 39.8 Å². The van der Waals surface area contributed by atoms with Gasteiger partial charge in [0.2, 0.25) is 5.91 Å². The van der Waals surface area contributed by atoms with E-state index in [0.29, 0.717) is 23.8 Å². The molecule has 1 saturated heterocycles. The third-order valence-electron chi connectivity index (χ3n) is 5.46. The van der Waals surface area contributed by atoms with Crippen molar-refractivity contribution >= 4 is 50.5 Å². The number of nitrogens with zero attached hydrogens (tertiary/aromatic N) is 3. The number of nitrogens with one attached hydrogen (secondary N) is 1. The summed E-state index contributed by atoms with van der Waals surface area (Å²) in [4.78, 5) is 38.0. The van der Waals surface area contributed by atoms with Gasteiger partial charge in [0.25, 0.3) is 5.91 Å². The Morgan fingerprint density at radius 1 is 1.10 bits per heavy atom. The van der Waals surface area contributed by atoms with Crippen molar-refractivity contribution < 1.29 is 9.59 Å². The largest absolute Gasteiger partial charge is 0.338 e. The molecule has 0 radical (unpaired) electrons. The smallest absolute Gasteiger partial charge is 0.254 e. The molecule has 156 valence electrons. The number of hydrogen-bond donors (Lipinski definition) is 1. The number of benzene rings is 1. The van der Waals surface area contributed by atoms with Crippen LogP contribution in [0.1, 0.15) is 23.2 Å². The van der Waals surface area contributed by atoms with Gasteiger partial charge in [-0.3, -0.25) is 9.59 Å². The molecule has 5 rings (SSSR count). The number of para-hydroxylation sites is 1. The second kappa shape index (κ2) is 8.56. The Morgan fingerprint density at radius 3 is 2.81 bits per heavy atom. The summed E-state index contributed by atoms with van der Waals surface area (Å²) in [7, 11) is 0. The Morgan fingerprint density at radius 2 is 2.00 bits per heavy atom. The average Bonchev–Trinajstić information content (AvgIpc) is 3.52. The molecule has 1 aromatic carbocycles. The fourth-order valence-electron chi connectivity index (χ4n) is 3.94. The van der Waals surface area contributed by atoms with Gasteiger partial charge in [0, 0.05) is 30.1 Å². The molecule has 1 aliphatic heterocycles. The predicted molar refractivity (Wildman–Crippen MR) is 124 cm³/mol. The number of hydrogen-bond acceptors (Lipinski definition) is 6. The predicted octanol–water partition coefficient (Wildman–Crippen LogP) is 4.91. The Bertz CT molecular complexity index is 1220. The standard InChI is InChI=1S/C23H20N4O2S2/c28-21(26-23-24-9-12-31-23)15-5-3-10-27(14-15)22(29)17-13-19(20-8-4-11-30-20)25-18-7-2-1-6-16(17)18/h1-2,4,6-9,11-13,15H,3,5,10,14H2,(H,24,26,28). The van der Waals surface area contributed by atoms with Gasteiger partial charge in [-0.1, -0.05) is 24.3 Å². The van der Waals surface area contributed by atoms with Crippen molar-refractivity contribution in [2.24, 2.45) is 5.92 Å². The van der Waals surface area contributed by atoms with Crippen molar-refractivity contribution in [1.29, 1.82) is 0 Å². The molecule has 0 bridgehead atoms. The summed E-state index contributed by atoms with van der Waals surface area (Å²) in [5.41, 5.74) is 2.23. The molecule has 1 N–H and O–H groups in total. The van der Waals surface area contributed by atoms with Crippen molar-refractivity contribution in [2.75, 3.05) is 18.4 Å². The van der Waals surface area contributed by atoms with Gasteiger partial charge in [-0.05, 0) is 36.4 Å². The van der Waals surface area contributed by atoms with Crippen molar-refractivity contribution in [3.63, 3.8) is 0 Å². The zero-order valence-electron chi connectivity index (χ0n) is 16.7. The molecule has 6 nitrogen and oxygen atoms in total. The van der Waals surface area contributed by atoms with E-state index in [9.17, 15) is 9.59 Å². The van der Waals surface area contributed by atoms with E-state index in [1.807, 2.05) is 53.2 Å². The van der Waals surface area contributed by atoms with E-state index in [2.05, 4.69) is 10.3 Å². The lowest BCUT2D eigenvalue weighted by Crippen LogP contribution is -2.43. The minimum Gasteiger partial charge on any atom is -0.338 e. The molecule has 0 spiro atoms. The van der Waals surface area contributed by atoms with Crippen LogP contribution in [0.5, 0.6) is 0 Å². The van der Waals surface area contributed by atoms with Crippen molar-refractivity contribution in [3.8, 4) is 10.6 Å². The minimum absolute atomic E-state index is 0.0526. The summed E-state index contributed by atoms with van der Waals surface area (Å²) in [6.45, 7) is 1.05. The van der Waals surface area contributed by atoms with Crippen molar-refractivity contribution in [2.45, 2.75) is 12.8 Å². The molecule has 1 aliphatic rings. The maximum Gasteiger partial charge on any atom is 0.254 e. The Kier molecular flexibility index (Phi) is 5.48. The zero-order valence-corrected chi connectivity index (χ0v) is 18.3. The first-order valence-electron chi connectivity index (χ1n) is 10.1. The van der Waals surface area contributed by atoms with E-state index in [0.717, 1.165) is 34.3 Å². The highest BCUT2D eigenvalue weighted by Crippen LogP contribution is 2.29. The molecule has 4 heterocycles. The second-order valence-electron chi connectivity index (χ2n) is 7.47. The molecule has 1 unspecified atom stereocenters. The van der Waals surface area contributed by atoms with Crippen LogP contribution in [0.25, 0.3) is 21.5 Å². The molecule has 8 heteroatoms. The van der Waals surface area contributed by atoms with Gasteiger partial charge in [0.1, 0.15) is 0 Å². The summed E-state index contributed by atoms with van der Waals surface area (Å²) >= 11 is 2.99. The van der Waals surface area contributed by atoms with Crippen LogP contribution in [0.3, 0.4) is 0 Å². The van der Waals surface area contributed by atoms with Crippen molar-refractivity contribution in [1.82, 2.24) is 14.9 Å². The lowest BCUT2D eigenvalue weighted by molar-refractivity contribution is -0.121. The van der Waals surface area contributed by atoms with E-state index in [-0.39, 0.29) is 17.7 Å². The van der Waals surface area contributed by atoms with E-state index in [4.69, 9.17) is 4.98 Å². The first-order valence-corrected chi connectivity index (χ1v) is 11.9. The summed E-state index contributed by atoms with van der Waals surface area (Å²) in [6.07, 6.45) is 3.22. The molecule has 2 amide bonds. The number of fused-ring (bicyclic) bond motifs is 1. The number of likely N-dealkylation sites (tertiary alicyclic amines) is 1. The number of rotatable bonds is 4. The first kappa shape index (κ1) is 19.8. The topological polar surface area (TPSA) is 75.2 Å². The fraction of sp³-hybridized carbons (Fsp3) is 0.217. The Hall–Kier alpha value is -3.10. The van der Waals surface area contributed by atoms with Crippen LogP contribution in [0.2, 0.25) is 0 Å². The van der Waals surface area contributed by atoms with Gasteiger partial charge in [0.15, 0.2) is 5.13 Å². The van der Waals surface area contributed by atoms with Crippen LogP contribution < -0.4 is 5.32 Å². The van der Waals surface area contributed by atoms with E-state index < -0.39 is 0 Å². The minimum atomic E-state index is -0.244. The second-order valence-corrected chi connectivity index (χ2v) is 9.31. The van der Waals surface area contributed by atoms with E-state index in [1.54, 1.807) is 22.4 Å². The number of pyridine rings is 1. The van der Waals surface area contributed by atoms with Crippen LogP contribution in [-0.2, 0) is 4.79 Å². The number of aromatic nitrogens is 2. The zero-order chi connectivity index (χ0) is 21.2. The fourth-order valence-corrected chi connectivity index (χ4v) is 5.16. The highest BCUT2D eigenvalue weighted by molar-refractivity contribution is 7.14. The number of carbonyl (C=O) groups is 2. The molecular formula is C23H20N4O2S2. The molecule has 31 heavy (non-hydrogen) atoms. The van der Waals surface area contributed by atoms with Gasteiger partial charge in [-0.2, -0.15) is 0 Å². The number of piperidine rings is 1. The van der Waals surface area contributed by atoms with Gasteiger partial charge >= 0.3 is 0 Å². The number of anilines is 1. The molecule has 1 fully saturated rings. The molecular weight excluding hydrogens is 428 g/mol. The summed E-state index contributed by atoms with van der Waals surface area (Å²) in [5, 5.41) is 8.13. The summed E-state index contributed by atoms with van der Waals surface area (Å²) in [6, 6.07) is 13.6. The van der Waals surface area contributed by atoms with Crippen LogP contribution in [0.4, 0.5) is 5.13 Å². The van der Waals surface area contributed by atoms with Gasteiger partial charge in [0.05, 0.1) is 27.6 Å².